The first-order valence-corrected chi connectivity index (χ1v) is 9.78. The predicted molar refractivity (Wildman–Crippen MR) is 110 cm³/mol. The van der Waals surface area contributed by atoms with Crippen molar-refractivity contribution in [1.29, 1.82) is 0 Å². The molecule has 0 saturated heterocycles. The molecule has 0 aliphatic carbocycles. The number of rotatable bonds is 5. The molecule has 0 aliphatic heterocycles. The van der Waals surface area contributed by atoms with Gasteiger partial charge < -0.3 is 4.57 Å². The highest BCUT2D eigenvalue weighted by molar-refractivity contribution is 9.10. The molecule has 0 saturated carbocycles. The SMILES string of the molecule is C=CCn1c(-c2cccc(Br)c2)csc1=NNC(=O)c1cccc(Cl)c1. The van der Waals surface area contributed by atoms with Crippen LogP contribution in [0.2, 0.25) is 5.02 Å². The zero-order valence-electron chi connectivity index (χ0n) is 13.7. The monoisotopic (exact) mass is 447 g/mol. The largest absolute Gasteiger partial charge is 0.311 e. The summed E-state index contributed by atoms with van der Waals surface area (Å²) in [7, 11) is 0. The number of carbonyl (C=O) groups is 1. The number of allylic oxidation sites excluding steroid dienone is 1. The minimum Gasteiger partial charge on any atom is -0.311 e. The smallest absolute Gasteiger partial charge is 0.271 e. The van der Waals surface area contributed by atoms with E-state index >= 15 is 0 Å². The summed E-state index contributed by atoms with van der Waals surface area (Å²) in [5.41, 5.74) is 5.11. The van der Waals surface area contributed by atoms with Crippen LogP contribution in [0.1, 0.15) is 10.4 Å². The van der Waals surface area contributed by atoms with E-state index in [9.17, 15) is 4.79 Å². The van der Waals surface area contributed by atoms with Gasteiger partial charge in [0.25, 0.3) is 5.91 Å². The van der Waals surface area contributed by atoms with Gasteiger partial charge in [0.2, 0.25) is 4.80 Å². The molecular weight excluding hydrogens is 434 g/mol. The highest BCUT2D eigenvalue weighted by Gasteiger charge is 2.09. The van der Waals surface area contributed by atoms with Gasteiger partial charge in [0.1, 0.15) is 0 Å². The Kier molecular flexibility index (Phi) is 6.08. The van der Waals surface area contributed by atoms with Crippen LogP contribution in [0.4, 0.5) is 0 Å². The molecule has 1 heterocycles. The molecule has 0 radical (unpaired) electrons. The van der Waals surface area contributed by atoms with Gasteiger partial charge in [-0.15, -0.1) is 23.0 Å². The van der Waals surface area contributed by atoms with Crippen molar-refractivity contribution in [2.24, 2.45) is 5.10 Å². The molecule has 0 bridgehead atoms. The number of carbonyl (C=O) groups excluding carboxylic acids is 1. The Balaban J connectivity index is 1.93. The Bertz CT molecular complexity index is 1030. The minimum absolute atomic E-state index is 0.310. The molecule has 0 atom stereocenters. The maximum Gasteiger partial charge on any atom is 0.271 e. The van der Waals surface area contributed by atoms with E-state index in [1.54, 1.807) is 30.3 Å². The lowest BCUT2D eigenvalue weighted by molar-refractivity contribution is 0.0953. The van der Waals surface area contributed by atoms with E-state index in [2.05, 4.69) is 33.0 Å². The van der Waals surface area contributed by atoms with Gasteiger partial charge in [-0.25, -0.2) is 5.43 Å². The Morgan fingerprint density at radius 2 is 2.12 bits per heavy atom. The van der Waals surface area contributed by atoms with Crippen LogP contribution in [0.3, 0.4) is 0 Å². The number of aromatic nitrogens is 1. The van der Waals surface area contributed by atoms with Gasteiger partial charge in [-0.3, -0.25) is 4.79 Å². The van der Waals surface area contributed by atoms with E-state index in [1.807, 2.05) is 34.2 Å². The van der Waals surface area contributed by atoms with Crippen LogP contribution in [0, 0.1) is 0 Å². The lowest BCUT2D eigenvalue weighted by Crippen LogP contribution is -2.24. The van der Waals surface area contributed by atoms with Gasteiger partial charge in [-0.1, -0.05) is 51.8 Å². The molecule has 3 rings (SSSR count). The summed E-state index contributed by atoms with van der Waals surface area (Å²) in [6.07, 6.45) is 1.80. The number of thiazole rings is 1. The predicted octanol–water partition coefficient (Wildman–Crippen LogP) is 5.06. The molecule has 0 aliphatic rings. The van der Waals surface area contributed by atoms with Crippen LogP contribution in [0.25, 0.3) is 11.3 Å². The lowest BCUT2D eigenvalue weighted by Gasteiger charge is -2.07. The van der Waals surface area contributed by atoms with Crippen LogP contribution in [0.15, 0.2) is 76.1 Å². The van der Waals surface area contributed by atoms with Crippen LogP contribution in [-0.2, 0) is 6.54 Å². The Morgan fingerprint density at radius 1 is 1.31 bits per heavy atom. The summed E-state index contributed by atoms with van der Waals surface area (Å²) in [6.45, 7) is 4.39. The average Bonchev–Trinajstić information content (AvgIpc) is 3.03. The van der Waals surface area contributed by atoms with Crippen molar-refractivity contribution >= 4 is 44.8 Å². The third kappa shape index (κ3) is 4.33. The maximum atomic E-state index is 12.3. The molecule has 132 valence electrons. The molecule has 3 aromatic rings. The summed E-state index contributed by atoms with van der Waals surface area (Å²) >= 11 is 10.9. The molecule has 4 nitrogen and oxygen atoms in total. The van der Waals surface area contributed by atoms with Crippen molar-refractivity contribution < 1.29 is 4.79 Å². The second-order valence-electron chi connectivity index (χ2n) is 5.38. The van der Waals surface area contributed by atoms with Gasteiger partial charge in [0, 0.05) is 32.5 Å². The van der Waals surface area contributed by atoms with Crippen LogP contribution >= 0.6 is 38.9 Å². The number of benzene rings is 2. The molecule has 1 amide bonds. The second-order valence-corrected chi connectivity index (χ2v) is 7.56. The zero-order valence-corrected chi connectivity index (χ0v) is 16.8. The van der Waals surface area contributed by atoms with Gasteiger partial charge in [0.15, 0.2) is 0 Å². The number of halogens is 2. The summed E-state index contributed by atoms with van der Waals surface area (Å²) in [4.78, 5) is 12.9. The van der Waals surface area contributed by atoms with Crippen molar-refractivity contribution in [2.75, 3.05) is 0 Å². The molecule has 1 aromatic heterocycles. The summed E-state index contributed by atoms with van der Waals surface area (Å²) in [5.74, 6) is -0.310. The second kappa shape index (κ2) is 8.49. The number of amides is 1. The molecule has 26 heavy (non-hydrogen) atoms. The van der Waals surface area contributed by atoms with Crippen molar-refractivity contribution in [3.63, 3.8) is 0 Å². The quantitative estimate of drug-likeness (QED) is 0.430. The van der Waals surface area contributed by atoms with Gasteiger partial charge in [-0.2, -0.15) is 0 Å². The molecule has 7 heteroatoms. The van der Waals surface area contributed by atoms with E-state index in [0.29, 0.717) is 21.9 Å². The van der Waals surface area contributed by atoms with Gasteiger partial charge in [0.05, 0.1) is 5.69 Å². The topological polar surface area (TPSA) is 46.4 Å². The fourth-order valence-electron chi connectivity index (χ4n) is 2.40. The molecule has 1 N–H and O–H groups in total. The summed E-state index contributed by atoms with van der Waals surface area (Å²) in [6, 6.07) is 14.8. The van der Waals surface area contributed by atoms with Gasteiger partial charge in [-0.05, 0) is 30.3 Å². The third-order valence-corrected chi connectivity index (χ3v) is 5.16. The molecule has 2 aromatic carbocycles. The molecular formula is C19H15BrClN3OS. The van der Waals surface area contributed by atoms with Crippen molar-refractivity contribution in [3.8, 4) is 11.3 Å². The standard InChI is InChI=1S/C19H15BrClN3OS/c1-2-9-24-17(13-5-3-7-15(20)10-13)12-26-19(24)23-22-18(25)14-6-4-8-16(21)11-14/h2-8,10-12H,1,9H2,(H,22,25). The summed E-state index contributed by atoms with van der Waals surface area (Å²) < 4.78 is 3.00. The minimum atomic E-state index is -0.310. The lowest BCUT2D eigenvalue weighted by atomic mass is 10.2. The average molecular weight is 449 g/mol. The van der Waals surface area contributed by atoms with Crippen molar-refractivity contribution in [1.82, 2.24) is 9.99 Å². The number of nitrogens with zero attached hydrogens (tertiary/aromatic N) is 2. The molecule has 0 unspecified atom stereocenters. The van der Waals surface area contributed by atoms with E-state index in [1.165, 1.54) is 11.3 Å². The van der Waals surface area contributed by atoms with Crippen LogP contribution in [0.5, 0.6) is 0 Å². The van der Waals surface area contributed by atoms with E-state index in [0.717, 1.165) is 15.7 Å². The van der Waals surface area contributed by atoms with Crippen molar-refractivity contribution in [3.05, 3.63) is 86.4 Å². The highest BCUT2D eigenvalue weighted by Crippen LogP contribution is 2.23. The fourth-order valence-corrected chi connectivity index (χ4v) is 3.86. The maximum absolute atomic E-state index is 12.3. The van der Waals surface area contributed by atoms with Gasteiger partial charge >= 0.3 is 0 Å². The fraction of sp³-hybridized carbons (Fsp3) is 0.0526. The van der Waals surface area contributed by atoms with E-state index in [4.69, 9.17) is 11.6 Å². The Hall–Kier alpha value is -2.15. The Morgan fingerprint density at radius 3 is 2.85 bits per heavy atom. The van der Waals surface area contributed by atoms with E-state index < -0.39 is 0 Å². The molecule has 0 fully saturated rings. The first-order valence-electron chi connectivity index (χ1n) is 7.73. The number of nitrogens with one attached hydrogen (secondary N) is 1. The van der Waals surface area contributed by atoms with Crippen LogP contribution in [-0.4, -0.2) is 10.5 Å². The normalized spacial score (nSPS) is 11.4. The first kappa shape index (κ1) is 18.6. The van der Waals surface area contributed by atoms with Crippen molar-refractivity contribution in [2.45, 2.75) is 6.54 Å². The first-order chi connectivity index (χ1) is 12.6. The number of hydrogen-bond donors (Lipinski definition) is 1. The summed E-state index contributed by atoms with van der Waals surface area (Å²) in [5, 5.41) is 6.80. The highest BCUT2D eigenvalue weighted by atomic mass is 79.9. The Labute approximate surface area is 168 Å². The van der Waals surface area contributed by atoms with Crippen LogP contribution < -0.4 is 10.2 Å². The van der Waals surface area contributed by atoms with E-state index in [-0.39, 0.29) is 5.91 Å². The number of hydrogen-bond acceptors (Lipinski definition) is 3. The third-order valence-electron chi connectivity index (χ3n) is 3.57. The molecule has 0 spiro atoms. The zero-order chi connectivity index (χ0) is 18.5.